The van der Waals surface area contributed by atoms with E-state index in [0.29, 0.717) is 70.8 Å². The fraction of sp³-hybridized carbons (Fsp3) is 0.539. The van der Waals surface area contributed by atoms with Crippen molar-refractivity contribution in [2.75, 3.05) is 6.54 Å². The molecule has 4 aliphatic heterocycles. The maximum absolute atomic E-state index is 12.7. The summed E-state index contributed by atoms with van der Waals surface area (Å²) in [6, 6.07) is 8.82. The van der Waals surface area contributed by atoms with Gasteiger partial charge in [0.25, 0.3) is 27.8 Å². The van der Waals surface area contributed by atoms with Crippen LogP contribution in [0.1, 0.15) is 315 Å². The summed E-state index contributed by atoms with van der Waals surface area (Å²) < 4.78 is 50.5. The molecule has 0 aliphatic carbocycles. The first-order chi connectivity index (χ1) is 62.4. The second-order valence-electron chi connectivity index (χ2n) is 34.6. The van der Waals surface area contributed by atoms with Crippen LogP contribution in [0.5, 0.6) is 11.5 Å². The van der Waals surface area contributed by atoms with Crippen molar-refractivity contribution in [3.05, 3.63) is 212 Å². The first-order valence-electron chi connectivity index (χ1n) is 43.2. The monoisotopic (exact) mass is 1920 g/mol. The minimum absolute atomic E-state index is 0.0173. The summed E-state index contributed by atoms with van der Waals surface area (Å²) >= 11 is 2.50. The Balaban J connectivity index is 0.000000722. The molecule has 9 aromatic heterocycles. The van der Waals surface area contributed by atoms with Gasteiger partial charge in [-0.2, -0.15) is 19.7 Å². The molecule has 3 atom stereocenters. The summed E-state index contributed by atoms with van der Waals surface area (Å²) in [5.41, 5.74) is 5.53. The van der Waals surface area contributed by atoms with E-state index in [1.807, 2.05) is 165 Å². The van der Waals surface area contributed by atoms with Crippen LogP contribution < -0.4 is 43.7 Å². The van der Waals surface area contributed by atoms with Crippen molar-refractivity contribution in [3.8, 4) is 11.5 Å². The Hall–Kier alpha value is -13.1. The molecule has 0 spiro atoms. The number of aromatic nitrogens is 14. The molecule has 45 heteroatoms. The van der Waals surface area contributed by atoms with Crippen molar-refractivity contribution in [2.24, 2.45) is 52.1 Å². The number of thioether (sulfide) groups is 1. The zero-order valence-electron chi connectivity index (χ0n) is 81.6. The van der Waals surface area contributed by atoms with E-state index in [1.165, 1.54) is 36.4 Å². The number of nitrogens with one attached hydrogen (secondary N) is 7. The SMILES string of the molecule is CC(C)C1=NN=NC1.CC(C)C1CC(=O)NC1=O.CC(C)C1OC(=O)NC1=O.CC(C)C1SC(=O)NC1=O.CC(C)c1c[nH]oc1=O.CC(C)c1cc(=O)[nH]n1C.CC(C)c1cc(=O)[nH]o1.CC(C)c1cc(=O)[nH]s1.CC(C)c1cc(F)c(O)c(F)c1.CC(C)c1ccnn1O.CC(C)c1cncn1O.CC(C)c1cnnn1O.CC(C)c1cocc(O)c1=O.CC(C)c1nccn1O. The molecule has 1 aromatic carbocycles. The summed E-state index contributed by atoms with van der Waals surface area (Å²) in [6.07, 6.45) is 12.4. The molecule has 744 valence electrons. The predicted octanol–water partition coefficient (Wildman–Crippen LogP) is 16.3. The van der Waals surface area contributed by atoms with Crippen LogP contribution in [0.25, 0.3) is 0 Å². The first-order valence-corrected chi connectivity index (χ1v) is 44.9. The third kappa shape index (κ3) is 43.1. The molecule has 0 saturated carbocycles. The number of alkyl carbamates (subject to hydrolysis) is 1. The molecule has 134 heavy (non-hydrogen) atoms. The lowest BCUT2D eigenvalue weighted by molar-refractivity contribution is -0.126. The van der Waals surface area contributed by atoms with Crippen LogP contribution in [0.4, 0.5) is 18.4 Å². The number of rotatable bonds is 14. The number of aromatic hydroxyl groups is 2. The molecule has 0 bridgehead atoms. The number of cyclic esters (lactones) is 1. The van der Waals surface area contributed by atoms with Gasteiger partial charge in [-0.25, -0.2) is 33.5 Å². The van der Waals surface area contributed by atoms with Crippen LogP contribution in [-0.2, 0) is 31.0 Å². The Kier molecular flexibility index (Phi) is 52.7. The Bertz CT molecular complexity index is 5220. The molecular weight excluding hydrogens is 1790 g/mol. The highest BCUT2D eigenvalue weighted by Crippen LogP contribution is 2.28. The van der Waals surface area contributed by atoms with E-state index in [1.54, 1.807) is 53.9 Å². The number of carbonyl (C=O) groups is 6. The van der Waals surface area contributed by atoms with Gasteiger partial charge in [-0.05, 0) is 99.3 Å². The van der Waals surface area contributed by atoms with E-state index in [9.17, 15) is 61.5 Å². The molecule has 6 amide bonds. The summed E-state index contributed by atoms with van der Waals surface area (Å²) in [4.78, 5) is 128. The molecule has 13 heterocycles. The van der Waals surface area contributed by atoms with E-state index >= 15 is 0 Å². The maximum atomic E-state index is 12.7. The average molecular weight is 1920 g/mol. The van der Waals surface area contributed by atoms with Crippen molar-refractivity contribution in [2.45, 2.75) is 271 Å². The number of hydrogen-bond acceptors (Lipinski definition) is 31. The lowest BCUT2D eigenvalue weighted by atomic mass is 9.95. The number of aryl methyl sites for hydroxylation is 1. The Morgan fingerprint density at radius 2 is 1.14 bits per heavy atom. The number of benzene rings is 1. The van der Waals surface area contributed by atoms with Crippen LogP contribution in [0.15, 0.2) is 145 Å². The van der Waals surface area contributed by atoms with Crippen LogP contribution in [0, 0.1) is 41.2 Å². The fourth-order valence-electron chi connectivity index (χ4n) is 10.7. The molecule has 3 saturated heterocycles. The molecular formula is C89H136F2N20O21S2. The van der Waals surface area contributed by atoms with Crippen LogP contribution in [0.3, 0.4) is 0 Å². The molecule has 14 rings (SSSR count). The number of ether oxygens (including phenoxy) is 1. The van der Waals surface area contributed by atoms with Gasteiger partial charge in [-0.1, -0.05) is 222 Å². The van der Waals surface area contributed by atoms with Gasteiger partial charge in [0.2, 0.25) is 23.2 Å². The van der Waals surface area contributed by atoms with Crippen LogP contribution in [0.2, 0.25) is 0 Å². The van der Waals surface area contributed by atoms with Crippen molar-refractivity contribution < 1.29 is 86.8 Å². The van der Waals surface area contributed by atoms with E-state index in [0.717, 1.165) is 82.7 Å². The minimum atomic E-state index is -0.904. The number of amides is 6. The second kappa shape index (κ2) is 59.4. The van der Waals surface area contributed by atoms with Crippen LogP contribution >= 0.6 is 23.3 Å². The topological polar surface area (TPSA) is 583 Å². The molecule has 4 aliphatic rings. The van der Waals surface area contributed by atoms with Gasteiger partial charge in [0.1, 0.15) is 36.4 Å². The number of phenols is 1. The van der Waals surface area contributed by atoms with Gasteiger partial charge >= 0.3 is 11.7 Å². The summed E-state index contributed by atoms with van der Waals surface area (Å²) in [6.45, 7) is 55.6. The Morgan fingerprint density at radius 3 is 1.39 bits per heavy atom. The highest BCUT2D eigenvalue weighted by Gasteiger charge is 2.36. The quantitative estimate of drug-likeness (QED) is 0.0355. The molecule has 13 N–H and O–H groups in total. The average Bonchev–Trinajstić information content (AvgIpc) is 1.60. The summed E-state index contributed by atoms with van der Waals surface area (Å²) in [7, 11) is 1.84. The van der Waals surface area contributed by atoms with Gasteiger partial charge < -0.3 is 49.2 Å². The largest absolute Gasteiger partial charge is 0.503 e. The van der Waals surface area contributed by atoms with Gasteiger partial charge in [0, 0.05) is 83.9 Å². The van der Waals surface area contributed by atoms with Crippen molar-refractivity contribution in [1.29, 1.82) is 0 Å². The van der Waals surface area contributed by atoms with E-state index in [-0.39, 0.29) is 127 Å². The van der Waals surface area contributed by atoms with Gasteiger partial charge in [-0.15, -0.1) is 20.1 Å². The third-order valence-corrected chi connectivity index (χ3v) is 21.0. The molecule has 3 fully saturated rings. The van der Waals surface area contributed by atoms with Crippen molar-refractivity contribution in [3.63, 3.8) is 0 Å². The number of carbonyl (C=O) groups excluding carboxylic acids is 6. The number of hydrogen-bond donors (Lipinski definition) is 13. The first kappa shape index (κ1) is 119. The Morgan fingerprint density at radius 1 is 0.545 bits per heavy atom. The summed E-state index contributed by atoms with van der Waals surface area (Å²) in [5.74, 6) is 1.36. The number of phenolic OH excluding ortho intramolecular Hbond substituents is 1. The molecule has 41 nitrogen and oxygen atoms in total. The standard InChI is InChI=1S/C9H10F2O.C8H10O3.C7H12N2O.C7H11NO2.3C6H10N2O.C6H9NO3.C6H9NO2S.2C6H9NO2.C6H9NOS.C5H9N3O.C5H9N3/c1-5(2)6-3-7(10)9(12)8(11)4-6;1-5(2)6-3-11-4-7(9)8(6)10;1-5(2)6-4-7(10)8-9(6)3;1-4(2)5-3-6(9)8-7(5)10;1-5(2)6-3-7-4-8(6)9;1-5(2)6-7-3-4-8(6)9;1-5(2)6-3-4-7-8(6)9;2*1-3(2)4-5(8)7-6(9)10-4;1-4(2)5-3-7-9-6(5)8;2*1-4(2)5-3-6(8)7-9-5;1-4(2)5-3-6-7-8(5)9;1-4(2)5-3-6-8-7-5/h3-5,12H,1-2H3;3-5,9H,1-2H3;4-5H,1-3H3,(H,8,10);4-5H,3H2,1-2H3,(H,8,9,10);3*3-5,9H,1-2H3;2*3-4H,1-2H3,(H,7,8,9);3-4,7H,1-2H3;2*3-4H,1-2H3,(H,7,8);3-4,9H,1-2H3;4H,3H2,1-2H3. The van der Waals surface area contributed by atoms with Crippen molar-refractivity contribution in [1.82, 2.24) is 84.9 Å². The number of halogens is 2. The number of nitrogens with zero attached hydrogens (tertiary/aromatic N) is 13. The molecule has 3 unspecified atom stereocenters. The normalized spacial score (nSPS) is 14.3. The zero-order chi connectivity index (χ0) is 103. The molecule has 0 radical (unpaired) electrons. The van der Waals surface area contributed by atoms with Crippen LogP contribution in [-0.4, -0.2) is 159 Å². The minimum Gasteiger partial charge on any atom is -0.503 e. The number of imide groups is 3. The Labute approximate surface area is 784 Å². The summed E-state index contributed by atoms with van der Waals surface area (Å²) in [5, 5.41) is 88.4. The van der Waals surface area contributed by atoms with E-state index in [2.05, 4.69) is 122 Å². The van der Waals surface area contributed by atoms with Crippen molar-refractivity contribution >= 4 is 64.0 Å². The number of aromatic amines is 4. The fourth-order valence-corrected chi connectivity index (χ4v) is 12.2. The van der Waals surface area contributed by atoms with E-state index < -0.39 is 29.6 Å². The second-order valence-corrected chi connectivity index (χ2v) is 36.6. The van der Waals surface area contributed by atoms with Gasteiger partial charge in [-0.3, -0.25) is 73.3 Å². The van der Waals surface area contributed by atoms with Gasteiger partial charge in [0.05, 0.1) is 59.0 Å². The highest BCUT2D eigenvalue weighted by atomic mass is 32.2. The van der Waals surface area contributed by atoms with Gasteiger partial charge in [0.15, 0.2) is 29.2 Å². The third-order valence-electron chi connectivity index (χ3n) is 18.6. The maximum Gasteiger partial charge on any atom is 0.414 e. The predicted molar refractivity (Wildman–Crippen MR) is 502 cm³/mol. The number of H-pyrrole nitrogens is 4. The van der Waals surface area contributed by atoms with E-state index in [4.69, 9.17) is 40.0 Å². The number of imidazole rings is 2. The zero-order valence-corrected chi connectivity index (χ0v) is 83.2. The lowest BCUT2D eigenvalue weighted by Crippen LogP contribution is -2.27. The highest BCUT2D eigenvalue weighted by molar-refractivity contribution is 8.15. The smallest absolute Gasteiger partial charge is 0.414 e. The lowest BCUT2D eigenvalue weighted by Gasteiger charge is -2.08. The molecule has 10 aromatic rings.